The molecule has 0 bridgehead atoms. The highest BCUT2D eigenvalue weighted by Gasteiger charge is 2.49. The Morgan fingerprint density at radius 3 is 2.74 bits per heavy atom. The molecule has 1 aliphatic heterocycles. The number of amidine groups is 1. The van der Waals surface area contributed by atoms with Crippen LogP contribution in [0.1, 0.15) is 51.0 Å². The van der Waals surface area contributed by atoms with E-state index in [2.05, 4.69) is 68.6 Å². The van der Waals surface area contributed by atoms with E-state index in [0.29, 0.717) is 12.4 Å². The Labute approximate surface area is 197 Å². The third kappa shape index (κ3) is 3.32. The molecule has 1 aliphatic carbocycles. The van der Waals surface area contributed by atoms with E-state index in [0.717, 1.165) is 72.1 Å². The summed E-state index contributed by atoms with van der Waals surface area (Å²) in [6.07, 6.45) is 7.85. The SMILES string of the molecule is CCCC1=NC2(CCCC2)C(=O)N1Cc1ccc2c(ccn2-c2ccccc2-c2nn[nH]n2)c1. The second kappa shape index (κ2) is 8.20. The summed E-state index contributed by atoms with van der Waals surface area (Å²) < 4.78 is 2.14. The largest absolute Gasteiger partial charge is 0.316 e. The van der Waals surface area contributed by atoms with Crippen molar-refractivity contribution in [2.24, 2.45) is 4.99 Å². The van der Waals surface area contributed by atoms with Gasteiger partial charge in [-0.25, -0.2) is 0 Å². The Morgan fingerprint density at radius 2 is 1.94 bits per heavy atom. The van der Waals surface area contributed by atoms with Crippen LogP contribution in [0.15, 0.2) is 59.7 Å². The molecule has 8 heteroatoms. The molecule has 1 spiro atoms. The van der Waals surface area contributed by atoms with E-state index in [4.69, 9.17) is 4.99 Å². The van der Waals surface area contributed by atoms with Gasteiger partial charge >= 0.3 is 0 Å². The molecule has 8 nitrogen and oxygen atoms in total. The number of hydrogen-bond donors (Lipinski definition) is 1. The van der Waals surface area contributed by atoms with E-state index in [-0.39, 0.29) is 5.91 Å². The van der Waals surface area contributed by atoms with Crippen LogP contribution in [0.4, 0.5) is 0 Å². The van der Waals surface area contributed by atoms with Crippen molar-refractivity contribution < 1.29 is 4.79 Å². The van der Waals surface area contributed by atoms with Crippen molar-refractivity contribution in [1.82, 2.24) is 30.1 Å². The Kier molecular flexibility index (Phi) is 5.01. The monoisotopic (exact) mass is 453 g/mol. The van der Waals surface area contributed by atoms with Gasteiger partial charge in [0.15, 0.2) is 0 Å². The van der Waals surface area contributed by atoms with E-state index in [1.54, 1.807) is 0 Å². The molecule has 1 amide bonds. The molecular formula is C26H27N7O. The summed E-state index contributed by atoms with van der Waals surface area (Å²) in [6, 6.07) is 16.6. The number of H-pyrrole nitrogens is 1. The zero-order valence-electron chi connectivity index (χ0n) is 19.2. The minimum Gasteiger partial charge on any atom is -0.316 e. The Balaban J connectivity index is 1.32. The number of amides is 1. The lowest BCUT2D eigenvalue weighted by Gasteiger charge is -2.22. The van der Waals surface area contributed by atoms with Crippen LogP contribution in [0.3, 0.4) is 0 Å². The van der Waals surface area contributed by atoms with Gasteiger partial charge in [0.25, 0.3) is 5.91 Å². The molecule has 6 rings (SSSR count). The number of fused-ring (bicyclic) bond motifs is 1. The lowest BCUT2D eigenvalue weighted by Crippen LogP contribution is -2.40. The van der Waals surface area contributed by atoms with Crippen molar-refractivity contribution in [2.45, 2.75) is 57.5 Å². The molecule has 3 heterocycles. The normalized spacial score (nSPS) is 17.3. The van der Waals surface area contributed by atoms with E-state index in [1.165, 1.54) is 0 Å². The van der Waals surface area contributed by atoms with Gasteiger partial charge < -0.3 is 4.57 Å². The van der Waals surface area contributed by atoms with Crippen LogP contribution >= 0.6 is 0 Å². The highest BCUT2D eigenvalue weighted by Crippen LogP contribution is 2.40. The highest BCUT2D eigenvalue weighted by molar-refractivity contribution is 6.08. The fourth-order valence-corrected chi connectivity index (χ4v) is 5.42. The van der Waals surface area contributed by atoms with Gasteiger partial charge in [-0.15, -0.1) is 10.2 Å². The first-order chi connectivity index (χ1) is 16.7. The molecule has 2 aromatic carbocycles. The Bertz CT molecular complexity index is 1380. The van der Waals surface area contributed by atoms with E-state index in [9.17, 15) is 4.79 Å². The van der Waals surface area contributed by atoms with Gasteiger partial charge in [0.1, 0.15) is 11.4 Å². The number of tetrazole rings is 1. The van der Waals surface area contributed by atoms with Crippen LogP contribution in [0.5, 0.6) is 0 Å². The molecule has 2 aliphatic rings. The van der Waals surface area contributed by atoms with E-state index >= 15 is 0 Å². The third-order valence-corrected chi connectivity index (χ3v) is 7.05. The van der Waals surface area contributed by atoms with Crippen LogP contribution < -0.4 is 0 Å². The number of hydrogen-bond acceptors (Lipinski definition) is 5. The maximum absolute atomic E-state index is 13.4. The number of benzene rings is 2. The maximum atomic E-state index is 13.4. The molecule has 0 radical (unpaired) electrons. The summed E-state index contributed by atoms with van der Waals surface area (Å²) in [6.45, 7) is 2.71. The molecule has 1 N–H and O–H groups in total. The van der Waals surface area contributed by atoms with Crippen LogP contribution in [0, 0.1) is 0 Å². The number of rotatable bonds is 6. The minimum absolute atomic E-state index is 0.195. The first-order valence-corrected chi connectivity index (χ1v) is 12.0. The third-order valence-electron chi connectivity index (χ3n) is 7.05. The summed E-state index contributed by atoms with van der Waals surface area (Å²) in [5, 5.41) is 15.7. The topological polar surface area (TPSA) is 92.1 Å². The van der Waals surface area contributed by atoms with Crippen molar-refractivity contribution in [3.05, 3.63) is 60.3 Å². The van der Waals surface area contributed by atoms with E-state index < -0.39 is 5.54 Å². The summed E-state index contributed by atoms with van der Waals surface area (Å²) in [4.78, 5) is 20.3. The number of nitrogens with one attached hydrogen (secondary N) is 1. The molecule has 0 unspecified atom stereocenters. The highest BCUT2D eigenvalue weighted by atomic mass is 16.2. The van der Waals surface area contributed by atoms with Gasteiger partial charge in [-0.2, -0.15) is 5.21 Å². The van der Waals surface area contributed by atoms with Crippen LogP contribution in [0.25, 0.3) is 28.0 Å². The fourth-order valence-electron chi connectivity index (χ4n) is 5.42. The first kappa shape index (κ1) is 20.8. The Hall–Kier alpha value is -3.81. The summed E-state index contributed by atoms with van der Waals surface area (Å²) >= 11 is 0. The minimum atomic E-state index is -0.489. The molecule has 0 atom stereocenters. The molecule has 1 saturated carbocycles. The van der Waals surface area contributed by atoms with Crippen LogP contribution in [-0.2, 0) is 11.3 Å². The Morgan fingerprint density at radius 1 is 1.09 bits per heavy atom. The lowest BCUT2D eigenvalue weighted by molar-refractivity contribution is -0.131. The molecule has 2 aromatic heterocycles. The number of aromatic nitrogens is 5. The van der Waals surface area contributed by atoms with Gasteiger partial charge in [-0.1, -0.05) is 38.0 Å². The summed E-state index contributed by atoms with van der Waals surface area (Å²) in [7, 11) is 0. The molecule has 172 valence electrons. The molecular weight excluding hydrogens is 426 g/mol. The predicted molar refractivity (Wildman–Crippen MR) is 131 cm³/mol. The molecule has 1 fully saturated rings. The van der Waals surface area contributed by atoms with Crippen LogP contribution in [-0.4, -0.2) is 47.4 Å². The summed E-state index contributed by atoms with van der Waals surface area (Å²) in [5.74, 6) is 1.71. The number of nitrogens with zero attached hydrogens (tertiary/aromatic N) is 6. The quantitative estimate of drug-likeness (QED) is 0.459. The molecule has 0 saturated heterocycles. The van der Waals surface area contributed by atoms with Crippen molar-refractivity contribution in [3.63, 3.8) is 0 Å². The number of carbonyl (C=O) groups excluding carboxylic acids is 1. The number of aliphatic imine (C=N–C) groups is 1. The average molecular weight is 454 g/mol. The average Bonchev–Trinajstić information content (AvgIpc) is 3.65. The standard InChI is InChI=1S/C26H27N7O/c1-2-7-23-27-26(13-5-6-14-26)25(34)33(23)17-18-10-11-21-19(16-18)12-15-32(21)22-9-4-3-8-20(22)24-28-30-31-29-24/h3-4,8-12,15-16H,2,5-7,13-14,17H2,1H3,(H,28,29,30,31). The van der Waals surface area contributed by atoms with Crippen molar-refractivity contribution in [2.75, 3.05) is 0 Å². The fraction of sp³-hybridized carbons (Fsp3) is 0.346. The number of aromatic amines is 1. The van der Waals surface area contributed by atoms with Gasteiger partial charge in [-0.05, 0) is 60.4 Å². The smallest absolute Gasteiger partial charge is 0.256 e. The van der Waals surface area contributed by atoms with Crippen molar-refractivity contribution in [3.8, 4) is 17.1 Å². The number of carbonyl (C=O) groups is 1. The molecule has 34 heavy (non-hydrogen) atoms. The predicted octanol–water partition coefficient (Wildman–Crippen LogP) is 4.66. The van der Waals surface area contributed by atoms with E-state index in [1.807, 2.05) is 23.1 Å². The van der Waals surface area contributed by atoms with Gasteiger partial charge in [-0.3, -0.25) is 14.7 Å². The number of para-hydroxylation sites is 1. The maximum Gasteiger partial charge on any atom is 0.256 e. The summed E-state index contributed by atoms with van der Waals surface area (Å²) in [5.41, 5.74) is 3.60. The second-order valence-corrected chi connectivity index (χ2v) is 9.24. The van der Waals surface area contributed by atoms with Crippen LogP contribution in [0.2, 0.25) is 0 Å². The lowest BCUT2D eigenvalue weighted by atomic mass is 9.98. The first-order valence-electron chi connectivity index (χ1n) is 12.0. The van der Waals surface area contributed by atoms with Crippen molar-refractivity contribution >= 4 is 22.6 Å². The zero-order chi connectivity index (χ0) is 23.1. The van der Waals surface area contributed by atoms with Crippen molar-refractivity contribution in [1.29, 1.82) is 0 Å². The van der Waals surface area contributed by atoms with Gasteiger partial charge in [0.05, 0.1) is 17.7 Å². The molecule has 4 aromatic rings. The zero-order valence-corrected chi connectivity index (χ0v) is 19.2. The van der Waals surface area contributed by atoms with Gasteiger partial charge in [0.2, 0.25) is 5.82 Å². The second-order valence-electron chi connectivity index (χ2n) is 9.24. The van der Waals surface area contributed by atoms with Gasteiger partial charge in [0, 0.05) is 23.6 Å².